The monoisotopic (exact) mass is 487 g/mol. The van der Waals surface area contributed by atoms with Crippen molar-refractivity contribution in [2.45, 2.75) is 16.1 Å². The lowest BCUT2D eigenvalue weighted by molar-refractivity contribution is -0.384. The highest BCUT2D eigenvalue weighted by Crippen LogP contribution is 2.36. The van der Waals surface area contributed by atoms with Crippen LogP contribution in [0.3, 0.4) is 0 Å². The Balaban J connectivity index is 1.72. The second-order valence-corrected chi connectivity index (χ2v) is 7.89. The first-order valence-electron chi connectivity index (χ1n) is 8.30. The van der Waals surface area contributed by atoms with Gasteiger partial charge >= 0.3 is 6.18 Å². The summed E-state index contributed by atoms with van der Waals surface area (Å²) in [5.41, 5.74) is -0.902. The number of anilines is 1. The zero-order chi connectivity index (χ0) is 22.8. The molecular formula is C19H10Cl2F3N3O3S. The van der Waals surface area contributed by atoms with Gasteiger partial charge < -0.3 is 5.32 Å². The van der Waals surface area contributed by atoms with Crippen molar-refractivity contribution in [1.82, 2.24) is 4.98 Å². The quantitative estimate of drug-likeness (QED) is 0.319. The molecule has 1 N–H and O–H groups in total. The number of carbonyl (C=O) groups excluding carboxylic acids is 1. The predicted molar refractivity (Wildman–Crippen MR) is 111 cm³/mol. The molecule has 1 heterocycles. The number of nitrogens with one attached hydrogen (secondary N) is 1. The van der Waals surface area contributed by atoms with Gasteiger partial charge in [0, 0.05) is 28.9 Å². The van der Waals surface area contributed by atoms with Gasteiger partial charge in [0.25, 0.3) is 11.6 Å². The lowest BCUT2D eigenvalue weighted by Crippen LogP contribution is -2.12. The summed E-state index contributed by atoms with van der Waals surface area (Å²) < 4.78 is 38.1. The summed E-state index contributed by atoms with van der Waals surface area (Å²) in [5, 5.41) is 13.6. The summed E-state index contributed by atoms with van der Waals surface area (Å²) >= 11 is 12.9. The van der Waals surface area contributed by atoms with E-state index < -0.39 is 22.6 Å². The Hall–Kier alpha value is -2.82. The molecule has 12 heteroatoms. The Labute approximate surface area is 187 Å². The van der Waals surface area contributed by atoms with Gasteiger partial charge in [-0.2, -0.15) is 13.2 Å². The van der Waals surface area contributed by atoms with Crippen molar-refractivity contribution >= 4 is 52.2 Å². The van der Waals surface area contributed by atoms with Crippen LogP contribution >= 0.6 is 35.0 Å². The van der Waals surface area contributed by atoms with Gasteiger partial charge in [0.15, 0.2) is 0 Å². The molecule has 3 aromatic rings. The molecule has 0 atom stereocenters. The number of non-ortho nitro benzene ring substituents is 1. The fourth-order valence-electron chi connectivity index (χ4n) is 2.37. The Morgan fingerprint density at radius 3 is 2.32 bits per heavy atom. The molecule has 1 aromatic heterocycles. The van der Waals surface area contributed by atoms with Crippen LogP contribution in [0, 0.1) is 10.1 Å². The van der Waals surface area contributed by atoms with Crippen LogP contribution in [-0.2, 0) is 6.18 Å². The molecule has 0 spiro atoms. The SMILES string of the molecule is O=C(Nc1ccc(Sc2ncc(C(F)(F)F)cc2Cl)cc1)c1cc([N+](=O)[O-])ccc1Cl. The molecule has 0 saturated heterocycles. The molecule has 0 aliphatic carbocycles. The number of halogens is 5. The zero-order valence-corrected chi connectivity index (χ0v) is 17.4. The summed E-state index contributed by atoms with van der Waals surface area (Å²) in [4.78, 5) is 27.0. The molecule has 0 radical (unpaired) electrons. The number of pyridine rings is 1. The molecule has 0 bridgehead atoms. The fourth-order valence-corrected chi connectivity index (χ4v) is 3.62. The van der Waals surface area contributed by atoms with Crippen LogP contribution in [0.15, 0.2) is 64.6 Å². The molecule has 0 aliphatic rings. The van der Waals surface area contributed by atoms with E-state index in [4.69, 9.17) is 23.2 Å². The second-order valence-electron chi connectivity index (χ2n) is 6.01. The van der Waals surface area contributed by atoms with Gasteiger partial charge in [0.1, 0.15) is 5.03 Å². The molecule has 0 saturated carbocycles. The van der Waals surface area contributed by atoms with Gasteiger partial charge in [-0.25, -0.2) is 4.98 Å². The molecule has 0 fully saturated rings. The molecular weight excluding hydrogens is 478 g/mol. The van der Waals surface area contributed by atoms with E-state index in [2.05, 4.69) is 10.3 Å². The van der Waals surface area contributed by atoms with Crippen LogP contribution in [0.1, 0.15) is 15.9 Å². The first-order chi connectivity index (χ1) is 14.5. The Kier molecular flexibility index (Phi) is 6.73. The Morgan fingerprint density at radius 2 is 1.74 bits per heavy atom. The number of hydrogen-bond acceptors (Lipinski definition) is 5. The molecule has 2 aromatic carbocycles. The maximum Gasteiger partial charge on any atom is 0.417 e. The molecule has 6 nitrogen and oxygen atoms in total. The highest BCUT2D eigenvalue weighted by atomic mass is 35.5. The molecule has 0 aliphatic heterocycles. The number of alkyl halides is 3. The van der Waals surface area contributed by atoms with Crippen LogP contribution in [0.4, 0.5) is 24.5 Å². The highest BCUT2D eigenvalue weighted by molar-refractivity contribution is 7.99. The lowest BCUT2D eigenvalue weighted by Gasteiger charge is -2.10. The van der Waals surface area contributed by atoms with E-state index in [1.165, 1.54) is 12.1 Å². The van der Waals surface area contributed by atoms with Gasteiger partial charge in [0.05, 0.1) is 26.1 Å². The van der Waals surface area contributed by atoms with Crippen molar-refractivity contribution in [1.29, 1.82) is 0 Å². The third kappa shape index (κ3) is 5.66. The third-order valence-corrected chi connectivity index (χ3v) is 5.62. The minimum Gasteiger partial charge on any atom is -0.322 e. The van der Waals surface area contributed by atoms with Gasteiger partial charge in [-0.15, -0.1) is 0 Å². The number of benzene rings is 2. The average Bonchev–Trinajstić information content (AvgIpc) is 2.70. The maximum atomic E-state index is 12.7. The second kappa shape index (κ2) is 9.13. The summed E-state index contributed by atoms with van der Waals surface area (Å²) in [6, 6.07) is 10.6. The molecule has 1 amide bonds. The summed E-state index contributed by atoms with van der Waals surface area (Å²) in [6.45, 7) is 0. The van der Waals surface area contributed by atoms with E-state index in [-0.39, 0.29) is 26.3 Å². The van der Waals surface area contributed by atoms with Crippen LogP contribution in [0.5, 0.6) is 0 Å². The van der Waals surface area contributed by atoms with Crippen molar-refractivity contribution in [2.24, 2.45) is 0 Å². The summed E-state index contributed by atoms with van der Waals surface area (Å²) in [6.07, 6.45) is -3.84. The number of rotatable bonds is 5. The summed E-state index contributed by atoms with van der Waals surface area (Å²) in [5.74, 6) is -0.637. The first-order valence-corrected chi connectivity index (χ1v) is 9.88. The number of carbonyl (C=O) groups is 1. The molecule has 0 unspecified atom stereocenters. The number of nitro groups is 1. The smallest absolute Gasteiger partial charge is 0.322 e. The lowest BCUT2D eigenvalue weighted by atomic mass is 10.2. The topological polar surface area (TPSA) is 85.1 Å². The van der Waals surface area contributed by atoms with Crippen molar-refractivity contribution in [2.75, 3.05) is 5.32 Å². The minimum atomic E-state index is -4.54. The number of aromatic nitrogens is 1. The predicted octanol–water partition coefficient (Wildman–Crippen LogP) is 6.72. The standard InChI is InChI=1S/C19H10Cl2F3N3O3S/c20-15-6-3-12(27(29)30)8-14(15)17(28)26-11-1-4-13(5-2-11)31-18-16(21)7-10(9-25-18)19(22,23)24/h1-9H,(H,26,28). The van der Waals surface area contributed by atoms with E-state index in [9.17, 15) is 28.1 Å². The molecule has 31 heavy (non-hydrogen) atoms. The van der Waals surface area contributed by atoms with Crippen LogP contribution in [-0.4, -0.2) is 15.8 Å². The maximum absolute atomic E-state index is 12.7. The van der Waals surface area contributed by atoms with Gasteiger partial charge in [-0.05, 0) is 36.4 Å². The van der Waals surface area contributed by atoms with Crippen molar-refractivity contribution in [3.63, 3.8) is 0 Å². The summed E-state index contributed by atoms with van der Waals surface area (Å²) in [7, 11) is 0. The van der Waals surface area contributed by atoms with Crippen LogP contribution < -0.4 is 5.32 Å². The fraction of sp³-hybridized carbons (Fsp3) is 0.0526. The van der Waals surface area contributed by atoms with E-state index in [1.54, 1.807) is 24.3 Å². The Morgan fingerprint density at radius 1 is 1.06 bits per heavy atom. The highest BCUT2D eigenvalue weighted by Gasteiger charge is 2.31. The Bertz CT molecular complexity index is 1160. The number of amides is 1. The van der Waals surface area contributed by atoms with E-state index in [1.807, 2.05) is 0 Å². The third-order valence-electron chi connectivity index (χ3n) is 3.87. The number of nitro benzene ring substituents is 1. The van der Waals surface area contributed by atoms with Crippen LogP contribution in [0.2, 0.25) is 10.0 Å². The van der Waals surface area contributed by atoms with E-state index in [0.29, 0.717) is 16.8 Å². The van der Waals surface area contributed by atoms with Crippen LogP contribution in [0.25, 0.3) is 0 Å². The van der Waals surface area contributed by atoms with Gasteiger partial charge in [-0.1, -0.05) is 35.0 Å². The number of hydrogen-bond donors (Lipinski definition) is 1. The number of nitrogens with zero attached hydrogens (tertiary/aromatic N) is 2. The largest absolute Gasteiger partial charge is 0.417 e. The molecule has 3 rings (SSSR count). The van der Waals surface area contributed by atoms with Gasteiger partial charge in [-0.3, -0.25) is 14.9 Å². The van der Waals surface area contributed by atoms with Crippen molar-refractivity contribution in [3.05, 3.63) is 86.0 Å². The van der Waals surface area contributed by atoms with E-state index in [0.717, 1.165) is 23.9 Å². The minimum absolute atomic E-state index is 0.0540. The first kappa shape index (κ1) is 22.9. The van der Waals surface area contributed by atoms with Gasteiger partial charge in [0.2, 0.25) is 0 Å². The molecule has 160 valence electrons. The van der Waals surface area contributed by atoms with Crippen molar-refractivity contribution in [3.8, 4) is 0 Å². The zero-order valence-electron chi connectivity index (χ0n) is 15.1. The normalized spacial score (nSPS) is 11.3. The van der Waals surface area contributed by atoms with Crippen molar-refractivity contribution < 1.29 is 22.9 Å². The average molecular weight is 488 g/mol. The van der Waals surface area contributed by atoms with E-state index >= 15 is 0 Å².